The highest BCUT2D eigenvalue weighted by atomic mass is 127. The molecule has 1 rings (SSSR count). The Morgan fingerprint density at radius 1 is 0.780 bits per heavy atom. The van der Waals surface area contributed by atoms with Gasteiger partial charge in [-0.05, 0) is 6.42 Å². The number of aromatic nitrogens is 1. The van der Waals surface area contributed by atoms with Crippen LogP contribution in [-0.2, 0) is 26.0 Å². The molecule has 0 saturated heterocycles. The molecule has 0 spiro atoms. The van der Waals surface area contributed by atoms with E-state index < -0.39 is 22.2 Å². The predicted octanol–water partition coefficient (Wildman–Crippen LogP) is 3.29. The molecule has 2 N–H and O–H groups in total. The second-order valence-electron chi connectivity index (χ2n) is 10.8. The van der Waals surface area contributed by atoms with Crippen LogP contribution in [0.4, 0.5) is 4.79 Å². The van der Waals surface area contributed by atoms with Crippen molar-refractivity contribution in [1.29, 1.82) is 0 Å². The number of pyridine rings is 1. The zero-order valence-corrected chi connectivity index (χ0v) is 28.8. The first-order chi connectivity index (χ1) is 19.5. The van der Waals surface area contributed by atoms with Crippen molar-refractivity contribution in [2.75, 3.05) is 32.6 Å². The van der Waals surface area contributed by atoms with Crippen molar-refractivity contribution in [3.8, 4) is 0 Å². The van der Waals surface area contributed by atoms with E-state index in [1.165, 1.54) is 97.0 Å². The number of ether oxygens (including phenoxy) is 2. The van der Waals surface area contributed by atoms with Crippen LogP contribution in [-0.4, -0.2) is 53.2 Å². The van der Waals surface area contributed by atoms with Gasteiger partial charge in [-0.3, -0.25) is 0 Å². The van der Waals surface area contributed by atoms with Crippen LogP contribution in [0.25, 0.3) is 0 Å². The first-order valence-electron chi connectivity index (χ1n) is 15.8. The van der Waals surface area contributed by atoms with E-state index >= 15 is 0 Å². The Bertz CT molecular complexity index is 830. The Morgan fingerprint density at radius 3 is 1.80 bits per heavy atom. The summed E-state index contributed by atoms with van der Waals surface area (Å²) in [4.78, 5) is 12.0. The van der Waals surface area contributed by atoms with E-state index in [0.29, 0.717) is 19.5 Å². The van der Waals surface area contributed by atoms with Crippen molar-refractivity contribution < 1.29 is 51.2 Å². The molecule has 0 saturated carbocycles. The van der Waals surface area contributed by atoms with Crippen molar-refractivity contribution >= 4 is 16.1 Å². The minimum atomic E-state index is -3.43. The fourth-order valence-corrected chi connectivity index (χ4v) is 5.70. The number of nitrogens with zero attached hydrogens (tertiary/aromatic N) is 1. The molecule has 0 aliphatic rings. The number of nitrogens with one attached hydrogen (secondary N) is 2. The molecule has 0 bridgehead atoms. The van der Waals surface area contributed by atoms with Crippen LogP contribution in [0.2, 0.25) is 0 Å². The molecule has 0 aliphatic carbocycles. The molecule has 1 aromatic rings. The van der Waals surface area contributed by atoms with Gasteiger partial charge < -0.3 is 38.8 Å². The van der Waals surface area contributed by atoms with Gasteiger partial charge in [0.1, 0.15) is 19.3 Å². The van der Waals surface area contributed by atoms with Gasteiger partial charge in [0.25, 0.3) is 0 Å². The summed E-state index contributed by atoms with van der Waals surface area (Å²) in [5.74, 6) is 0.0198. The minimum Gasteiger partial charge on any atom is -1.00 e. The van der Waals surface area contributed by atoms with E-state index in [1.807, 2.05) is 35.2 Å². The average molecular weight is 712 g/mol. The lowest BCUT2D eigenvalue weighted by Crippen LogP contribution is -3.00. The molecule has 240 valence electrons. The standard InChI is InChI=1S/C31H57N3O5S.HI/c1-3-4-5-6-7-8-9-10-11-12-13-14-15-16-17-19-23-32-31(35)39-29-30(38-2)28-33-40(36,37)27-22-26-34-24-20-18-21-25-34;/h18,20-21,24-25,30,33H,3-17,19,22-23,26-29H2,1-2H3;1H. The van der Waals surface area contributed by atoms with Crippen LogP contribution >= 0.6 is 0 Å². The molecule has 1 unspecified atom stereocenters. The van der Waals surface area contributed by atoms with Gasteiger partial charge in [-0.25, -0.2) is 22.5 Å². The summed E-state index contributed by atoms with van der Waals surface area (Å²) in [5.41, 5.74) is 0. The summed E-state index contributed by atoms with van der Waals surface area (Å²) in [6, 6.07) is 5.74. The lowest BCUT2D eigenvalue weighted by Gasteiger charge is -2.16. The summed E-state index contributed by atoms with van der Waals surface area (Å²) in [6.07, 6.45) is 24.3. The number of aryl methyl sites for hydroxylation is 1. The van der Waals surface area contributed by atoms with Crippen LogP contribution in [0.15, 0.2) is 30.6 Å². The van der Waals surface area contributed by atoms with Crippen molar-refractivity contribution in [2.45, 2.75) is 129 Å². The Balaban J connectivity index is 0.0000160. The van der Waals surface area contributed by atoms with Crippen molar-refractivity contribution in [3.63, 3.8) is 0 Å². The van der Waals surface area contributed by atoms with E-state index in [9.17, 15) is 13.2 Å². The second-order valence-corrected chi connectivity index (χ2v) is 12.7. The smallest absolute Gasteiger partial charge is 0.407 e. The van der Waals surface area contributed by atoms with E-state index in [-0.39, 0.29) is 42.9 Å². The quantitative estimate of drug-likeness (QED) is 0.0831. The van der Waals surface area contributed by atoms with E-state index in [1.54, 1.807) is 0 Å². The number of unbranched alkanes of at least 4 members (excludes halogenated alkanes) is 15. The maximum atomic E-state index is 12.3. The third-order valence-electron chi connectivity index (χ3n) is 7.17. The first kappa shape index (κ1) is 40.0. The minimum absolute atomic E-state index is 0. The lowest BCUT2D eigenvalue weighted by atomic mass is 10.0. The number of hydrogen-bond acceptors (Lipinski definition) is 5. The molecule has 0 fully saturated rings. The summed E-state index contributed by atoms with van der Waals surface area (Å²) in [6.45, 7) is 3.53. The average Bonchev–Trinajstić information content (AvgIpc) is 2.95. The number of alkyl carbamates (subject to hydrolysis) is 1. The topological polar surface area (TPSA) is 97.6 Å². The Labute approximate surface area is 268 Å². The number of carbonyl (C=O) groups is 1. The van der Waals surface area contributed by atoms with Gasteiger partial charge >= 0.3 is 6.09 Å². The van der Waals surface area contributed by atoms with E-state index in [4.69, 9.17) is 9.47 Å². The van der Waals surface area contributed by atoms with Gasteiger partial charge in [0.2, 0.25) is 10.0 Å². The van der Waals surface area contributed by atoms with Crippen LogP contribution in [0.5, 0.6) is 0 Å². The number of sulfonamides is 1. The van der Waals surface area contributed by atoms with Crippen LogP contribution in [0.1, 0.15) is 116 Å². The summed E-state index contributed by atoms with van der Waals surface area (Å²) >= 11 is 0. The lowest BCUT2D eigenvalue weighted by molar-refractivity contribution is -0.696. The highest BCUT2D eigenvalue weighted by molar-refractivity contribution is 7.89. The summed E-state index contributed by atoms with van der Waals surface area (Å²) in [7, 11) is -1.96. The Hall–Kier alpha value is -0.980. The summed E-state index contributed by atoms with van der Waals surface area (Å²) < 4.78 is 39.5. The second kappa shape index (κ2) is 27.8. The van der Waals surface area contributed by atoms with Gasteiger partial charge in [0, 0.05) is 38.8 Å². The number of hydrogen-bond donors (Lipinski definition) is 2. The molecule has 10 heteroatoms. The largest absolute Gasteiger partial charge is 1.00 e. The van der Waals surface area contributed by atoms with Crippen LogP contribution in [0, 0.1) is 0 Å². The fourth-order valence-electron chi connectivity index (χ4n) is 4.61. The number of amides is 1. The first-order valence-corrected chi connectivity index (χ1v) is 17.5. The third kappa shape index (κ3) is 25.3. The van der Waals surface area contributed by atoms with Gasteiger partial charge in [-0.15, -0.1) is 0 Å². The van der Waals surface area contributed by atoms with Crippen LogP contribution in [0.3, 0.4) is 0 Å². The van der Waals surface area contributed by atoms with Crippen LogP contribution < -0.4 is 38.6 Å². The van der Waals surface area contributed by atoms with Gasteiger partial charge in [0.15, 0.2) is 12.4 Å². The fraction of sp³-hybridized carbons (Fsp3) is 0.806. The predicted molar refractivity (Wildman–Crippen MR) is 163 cm³/mol. The SMILES string of the molecule is CCCCCCCCCCCCCCCCCCNC(=O)OCC(CNS(=O)(=O)CCC[n+]1ccccc1)OC.[I-]. The molecule has 0 radical (unpaired) electrons. The molecule has 1 amide bonds. The van der Waals surface area contributed by atoms with Crippen molar-refractivity contribution in [1.82, 2.24) is 10.0 Å². The molecular formula is C31H58IN3O5S. The van der Waals surface area contributed by atoms with E-state index in [2.05, 4.69) is 17.0 Å². The molecule has 1 aromatic heterocycles. The molecule has 0 aliphatic heterocycles. The maximum Gasteiger partial charge on any atom is 0.407 e. The molecular weight excluding hydrogens is 653 g/mol. The number of halogens is 1. The molecule has 8 nitrogen and oxygen atoms in total. The molecule has 1 atom stereocenters. The highest BCUT2D eigenvalue weighted by Gasteiger charge is 2.17. The van der Waals surface area contributed by atoms with Crippen molar-refractivity contribution in [2.24, 2.45) is 0 Å². The molecule has 41 heavy (non-hydrogen) atoms. The monoisotopic (exact) mass is 711 g/mol. The zero-order valence-electron chi connectivity index (χ0n) is 25.8. The number of rotatable bonds is 27. The molecule has 0 aromatic carbocycles. The normalized spacial score (nSPS) is 12.0. The van der Waals surface area contributed by atoms with Gasteiger partial charge in [-0.2, -0.15) is 0 Å². The number of methoxy groups -OCH3 is 1. The highest BCUT2D eigenvalue weighted by Crippen LogP contribution is 2.13. The van der Waals surface area contributed by atoms with Gasteiger partial charge in [0.05, 0.1) is 5.75 Å². The van der Waals surface area contributed by atoms with Crippen molar-refractivity contribution in [3.05, 3.63) is 30.6 Å². The van der Waals surface area contributed by atoms with E-state index in [0.717, 1.165) is 12.8 Å². The third-order valence-corrected chi connectivity index (χ3v) is 8.60. The molecule has 1 heterocycles. The number of carbonyl (C=O) groups excluding carboxylic acids is 1. The maximum absolute atomic E-state index is 12.3. The summed E-state index contributed by atoms with van der Waals surface area (Å²) in [5, 5.41) is 2.77. The van der Waals surface area contributed by atoms with Gasteiger partial charge in [-0.1, -0.05) is 109 Å². The Morgan fingerprint density at radius 2 is 1.29 bits per heavy atom. The zero-order chi connectivity index (χ0) is 29.2. The Kier molecular flexibility index (Phi) is 27.2.